The van der Waals surface area contributed by atoms with Gasteiger partial charge in [-0.2, -0.15) is 0 Å². The van der Waals surface area contributed by atoms with E-state index in [-0.39, 0.29) is 12.5 Å². The van der Waals surface area contributed by atoms with E-state index in [1.807, 2.05) is 37.3 Å². The number of nitrogens with zero attached hydrogens (tertiary/aromatic N) is 1. The van der Waals surface area contributed by atoms with E-state index in [2.05, 4.69) is 29.4 Å². The molecule has 0 aromatic heterocycles. The number of oxime groups is 1. The number of hydrogen-bond acceptors (Lipinski definition) is 7. The van der Waals surface area contributed by atoms with Gasteiger partial charge in [-0.05, 0) is 5.56 Å². The van der Waals surface area contributed by atoms with Gasteiger partial charge in [0.2, 0.25) is 0 Å². The average Bonchev–Trinajstić information content (AvgIpc) is 3.13. The quantitative estimate of drug-likeness (QED) is 0.209. The van der Waals surface area contributed by atoms with Crippen LogP contribution in [-0.4, -0.2) is 39.1 Å². The molecule has 1 aliphatic rings. The molecular weight excluding hydrogens is 403 g/mol. The van der Waals surface area contributed by atoms with Crippen LogP contribution >= 0.6 is 8.17 Å². The maximum atomic E-state index is 9.04. The molecule has 7 nitrogen and oxygen atoms in total. The summed E-state index contributed by atoms with van der Waals surface area (Å²) in [6, 6.07) is 18.3. The topological polar surface area (TPSA) is 118 Å². The zero-order chi connectivity index (χ0) is 21.6. The zero-order valence-corrected chi connectivity index (χ0v) is 18.2. The molecule has 5 N–H and O–H groups in total. The van der Waals surface area contributed by atoms with Crippen molar-refractivity contribution in [3.05, 3.63) is 71.3 Å². The minimum atomic E-state index is -4.53. The fraction of sp³-hybridized carbons (Fsp3) is 0.409. The van der Waals surface area contributed by atoms with Gasteiger partial charge in [0.1, 0.15) is 6.61 Å². The molecule has 30 heavy (non-hydrogen) atoms. The Kier molecular flexibility index (Phi) is 7.58. The van der Waals surface area contributed by atoms with Gasteiger partial charge in [0, 0.05) is 6.42 Å². The fourth-order valence-corrected chi connectivity index (χ4v) is 4.29. The summed E-state index contributed by atoms with van der Waals surface area (Å²) >= 11 is 0. The van der Waals surface area contributed by atoms with Crippen molar-refractivity contribution >= 4 is 13.9 Å². The first kappa shape index (κ1) is 22.8. The number of rotatable bonds is 9. The maximum absolute atomic E-state index is 9.04. The Bertz CT molecular complexity index is 839. The molecule has 2 aromatic rings. The van der Waals surface area contributed by atoms with Gasteiger partial charge in [-0.25, -0.2) is 0 Å². The third kappa shape index (κ3) is 6.84. The SMILES string of the molecule is C/C(=N\OCCc1ccccc1)c1ccc([C@H]2CC[C@](N)(CO[PH](O)(O)O)C2)cc1. The van der Waals surface area contributed by atoms with Crippen LogP contribution in [0.5, 0.6) is 0 Å². The van der Waals surface area contributed by atoms with Crippen LogP contribution in [0.2, 0.25) is 0 Å². The zero-order valence-electron chi connectivity index (χ0n) is 17.2. The van der Waals surface area contributed by atoms with Crippen molar-refractivity contribution in [1.29, 1.82) is 0 Å². The molecule has 164 valence electrons. The van der Waals surface area contributed by atoms with Crippen molar-refractivity contribution in [3.8, 4) is 0 Å². The third-order valence-corrected chi connectivity index (χ3v) is 6.05. The van der Waals surface area contributed by atoms with Crippen molar-refractivity contribution in [1.82, 2.24) is 0 Å². The number of hydrogen-bond donors (Lipinski definition) is 4. The second-order valence-corrected chi connectivity index (χ2v) is 9.47. The second-order valence-electron chi connectivity index (χ2n) is 8.03. The van der Waals surface area contributed by atoms with Crippen molar-refractivity contribution in [2.75, 3.05) is 13.2 Å². The summed E-state index contributed by atoms with van der Waals surface area (Å²) in [5.74, 6) is 0.263. The molecule has 1 saturated carbocycles. The van der Waals surface area contributed by atoms with E-state index in [0.717, 1.165) is 24.1 Å². The third-order valence-electron chi connectivity index (χ3n) is 5.52. The Morgan fingerprint density at radius 2 is 1.83 bits per heavy atom. The van der Waals surface area contributed by atoms with Crippen LogP contribution in [0.15, 0.2) is 59.8 Å². The van der Waals surface area contributed by atoms with E-state index in [1.165, 1.54) is 11.1 Å². The van der Waals surface area contributed by atoms with Crippen LogP contribution in [-0.2, 0) is 15.8 Å². The molecule has 2 aromatic carbocycles. The number of benzene rings is 2. The molecule has 0 bridgehead atoms. The predicted molar refractivity (Wildman–Crippen MR) is 119 cm³/mol. The Morgan fingerprint density at radius 3 is 2.50 bits per heavy atom. The monoisotopic (exact) mass is 434 g/mol. The first-order chi connectivity index (χ1) is 14.2. The first-order valence-electron chi connectivity index (χ1n) is 10.1. The van der Waals surface area contributed by atoms with Crippen molar-refractivity contribution in [2.24, 2.45) is 10.9 Å². The summed E-state index contributed by atoms with van der Waals surface area (Å²) in [7, 11) is -4.53. The van der Waals surface area contributed by atoms with E-state index in [0.29, 0.717) is 19.4 Å². The molecule has 0 spiro atoms. The van der Waals surface area contributed by atoms with Gasteiger partial charge in [-0.15, -0.1) is 0 Å². The summed E-state index contributed by atoms with van der Waals surface area (Å²) < 4.78 is 4.78. The summed E-state index contributed by atoms with van der Waals surface area (Å²) in [5.41, 5.74) is 9.85. The summed E-state index contributed by atoms with van der Waals surface area (Å²) in [6.07, 6.45) is 3.05. The molecule has 0 saturated heterocycles. The normalized spacial score (nSPS) is 22.8. The molecule has 3 rings (SSSR count). The van der Waals surface area contributed by atoms with Crippen molar-refractivity contribution in [2.45, 2.75) is 44.1 Å². The van der Waals surface area contributed by atoms with Gasteiger partial charge in [0.25, 0.3) is 0 Å². The van der Waals surface area contributed by atoms with Gasteiger partial charge in [0.15, 0.2) is 0 Å². The molecular formula is C22H31N2O5P. The molecule has 0 heterocycles. The molecule has 8 heteroatoms. The van der Waals surface area contributed by atoms with E-state index < -0.39 is 13.7 Å². The minimum absolute atomic E-state index is 0.0661. The van der Waals surface area contributed by atoms with Gasteiger partial charge < -0.3 is 0 Å². The average molecular weight is 434 g/mol. The molecule has 1 fully saturated rings. The molecule has 0 amide bonds. The van der Waals surface area contributed by atoms with Crippen molar-refractivity contribution in [3.63, 3.8) is 0 Å². The first-order valence-corrected chi connectivity index (χ1v) is 11.9. The fourth-order valence-electron chi connectivity index (χ4n) is 3.81. The number of nitrogens with two attached hydrogens (primary N) is 1. The van der Waals surface area contributed by atoms with Gasteiger partial charge in [-0.1, -0.05) is 30.3 Å². The van der Waals surface area contributed by atoms with Crippen LogP contribution < -0.4 is 5.73 Å². The summed E-state index contributed by atoms with van der Waals surface area (Å²) in [5, 5.41) is 4.22. The van der Waals surface area contributed by atoms with E-state index in [4.69, 9.17) is 29.8 Å². The van der Waals surface area contributed by atoms with Gasteiger partial charge >= 0.3 is 128 Å². The van der Waals surface area contributed by atoms with Crippen molar-refractivity contribution < 1.29 is 24.0 Å². The predicted octanol–water partition coefficient (Wildman–Crippen LogP) is 3.04. The molecule has 2 atom stereocenters. The van der Waals surface area contributed by atoms with Gasteiger partial charge in [0.05, 0.1) is 0 Å². The van der Waals surface area contributed by atoms with E-state index in [9.17, 15) is 0 Å². The van der Waals surface area contributed by atoms with Crippen LogP contribution in [0.3, 0.4) is 0 Å². The molecule has 1 aliphatic carbocycles. The standard InChI is InChI=1S/C22H31N2O5P/c1-17(24-28-14-12-18-5-3-2-4-6-18)19-7-9-20(10-8-19)21-11-13-22(23,15-21)16-29-30(25,26)27/h2-10,21,25-27,30H,11-16,23H2,1H3/b24-17+/t21-,22+/m0/s1. The van der Waals surface area contributed by atoms with Crippen LogP contribution in [0.1, 0.15) is 48.8 Å². The van der Waals surface area contributed by atoms with E-state index in [1.54, 1.807) is 0 Å². The summed E-state index contributed by atoms with van der Waals surface area (Å²) in [4.78, 5) is 32.6. The molecule has 0 aliphatic heterocycles. The Balaban J connectivity index is 1.50. The van der Waals surface area contributed by atoms with Crippen LogP contribution in [0.4, 0.5) is 0 Å². The van der Waals surface area contributed by atoms with Gasteiger partial charge in [-0.3, -0.25) is 0 Å². The Labute approximate surface area is 177 Å². The van der Waals surface area contributed by atoms with E-state index >= 15 is 0 Å². The van der Waals surface area contributed by atoms with Crippen LogP contribution in [0, 0.1) is 0 Å². The van der Waals surface area contributed by atoms with Crippen LogP contribution in [0.25, 0.3) is 0 Å². The second kappa shape index (κ2) is 9.96. The Hall–Kier alpha value is -1.86. The Morgan fingerprint density at radius 1 is 1.13 bits per heavy atom. The molecule has 0 unspecified atom stereocenters. The summed E-state index contributed by atoms with van der Waals surface area (Å²) in [6.45, 7) is 2.38. The molecule has 0 radical (unpaired) electrons.